The molecule has 1 aliphatic carbocycles. The Bertz CT molecular complexity index is 1710. The lowest BCUT2D eigenvalue weighted by Gasteiger charge is -2.23. The maximum atomic E-state index is 12.9. The molecule has 1 aliphatic heterocycles. The maximum Gasteiger partial charge on any atom is 0.251 e. The molecule has 11 heteroatoms. The third kappa shape index (κ3) is 6.07. The molecule has 1 aromatic carbocycles. The second-order valence-electron chi connectivity index (χ2n) is 10.3. The molecule has 0 bridgehead atoms. The Balaban J connectivity index is 1.22. The summed E-state index contributed by atoms with van der Waals surface area (Å²) in [7, 11) is -1.84. The number of sulfone groups is 1. The Hall–Kier alpha value is -3.93. The lowest BCUT2D eigenvalue weighted by atomic mass is 10.1. The highest BCUT2D eigenvalue weighted by molar-refractivity contribution is 7.91. The summed E-state index contributed by atoms with van der Waals surface area (Å²) in [5.74, 6) is 1.62. The number of hydrogen-bond acceptors (Lipinski definition) is 9. The number of hydrogen-bond donors (Lipinski definition) is 1. The largest absolute Gasteiger partial charge is 0.383 e. The minimum absolute atomic E-state index is 0.105. The number of aromatic nitrogens is 3. The van der Waals surface area contributed by atoms with Crippen molar-refractivity contribution in [3.05, 3.63) is 83.3 Å². The maximum absolute atomic E-state index is 12.9. The first kappa shape index (κ1) is 27.3. The Labute approximate surface area is 238 Å². The summed E-state index contributed by atoms with van der Waals surface area (Å²) in [4.78, 5) is 29.4. The number of methoxy groups -OCH3 is 1. The molecule has 212 valence electrons. The summed E-state index contributed by atoms with van der Waals surface area (Å²) in [6.07, 6.45) is 4.08. The van der Waals surface area contributed by atoms with E-state index in [2.05, 4.69) is 16.4 Å². The lowest BCUT2D eigenvalue weighted by molar-refractivity contribution is 0.0950. The monoisotopic (exact) mass is 573 g/mol. The van der Waals surface area contributed by atoms with Gasteiger partial charge in [0.2, 0.25) is 0 Å². The van der Waals surface area contributed by atoms with Crippen molar-refractivity contribution in [1.82, 2.24) is 20.3 Å². The van der Waals surface area contributed by atoms with Crippen LogP contribution < -0.4 is 10.2 Å². The molecule has 1 saturated carbocycles. The minimum Gasteiger partial charge on any atom is -0.383 e. The number of benzene rings is 1. The van der Waals surface area contributed by atoms with Crippen LogP contribution in [0.2, 0.25) is 0 Å². The van der Waals surface area contributed by atoms with Gasteiger partial charge in [0, 0.05) is 42.4 Å². The Morgan fingerprint density at radius 1 is 1.10 bits per heavy atom. The second-order valence-corrected chi connectivity index (χ2v) is 12.3. The van der Waals surface area contributed by atoms with Gasteiger partial charge >= 0.3 is 0 Å². The zero-order valence-corrected chi connectivity index (χ0v) is 23.6. The smallest absolute Gasteiger partial charge is 0.251 e. The van der Waals surface area contributed by atoms with Gasteiger partial charge in [0.05, 0.1) is 48.2 Å². The molecule has 3 aromatic heterocycles. The molecule has 1 fully saturated rings. The first-order valence-corrected chi connectivity index (χ1v) is 15.3. The first-order chi connectivity index (χ1) is 19.9. The van der Waals surface area contributed by atoms with Crippen molar-refractivity contribution < 1.29 is 22.7 Å². The number of pyridine rings is 3. The number of nitrogens with zero attached hydrogens (tertiary/aromatic N) is 4. The lowest BCUT2D eigenvalue weighted by Crippen LogP contribution is -2.24. The van der Waals surface area contributed by atoms with Crippen molar-refractivity contribution >= 4 is 38.3 Å². The van der Waals surface area contributed by atoms with Crippen LogP contribution in [0.1, 0.15) is 46.1 Å². The fourth-order valence-electron chi connectivity index (χ4n) is 4.86. The van der Waals surface area contributed by atoms with Gasteiger partial charge < -0.3 is 19.7 Å². The van der Waals surface area contributed by atoms with E-state index in [0.717, 1.165) is 28.2 Å². The molecule has 1 N–H and O–H groups in total. The van der Waals surface area contributed by atoms with Crippen LogP contribution in [0.25, 0.3) is 10.9 Å². The van der Waals surface area contributed by atoms with Crippen LogP contribution in [0.4, 0.5) is 11.6 Å². The molecular weight excluding hydrogens is 542 g/mol. The molecule has 6 rings (SSSR count). The topological polar surface area (TPSA) is 124 Å². The Morgan fingerprint density at radius 2 is 1.95 bits per heavy atom. The van der Waals surface area contributed by atoms with Gasteiger partial charge in [-0.25, -0.2) is 18.4 Å². The normalized spacial score (nSPS) is 16.1. The van der Waals surface area contributed by atoms with E-state index in [1.165, 1.54) is 18.9 Å². The quantitative estimate of drug-likeness (QED) is 0.317. The van der Waals surface area contributed by atoms with Gasteiger partial charge in [-0.3, -0.25) is 9.78 Å². The van der Waals surface area contributed by atoms with E-state index in [1.54, 1.807) is 25.4 Å². The van der Waals surface area contributed by atoms with Crippen molar-refractivity contribution in [1.29, 1.82) is 0 Å². The number of fused-ring (bicyclic) bond motifs is 2. The summed E-state index contributed by atoms with van der Waals surface area (Å²) in [5, 5.41) is 3.72. The van der Waals surface area contributed by atoms with Crippen molar-refractivity contribution in [2.24, 2.45) is 0 Å². The van der Waals surface area contributed by atoms with Crippen LogP contribution in [-0.4, -0.2) is 61.9 Å². The standard InChI is InChI=1S/C30H31N5O5S/c1-39-12-11-35(28-4-2-3-25(33-28)20-5-6-20)29-10-9-22-17-31-24(16-26(22)34-29)18-32-30(36)21-7-8-23-19-40-13-14-41(37,38)27(23)15-21/h2-4,7-10,15-17,20H,5-6,11-14,18-19H2,1H3,(H,32,36). The molecule has 0 spiro atoms. The number of ether oxygens (including phenoxy) is 2. The number of rotatable bonds is 9. The zero-order valence-electron chi connectivity index (χ0n) is 22.7. The van der Waals surface area contributed by atoms with Gasteiger partial charge in [-0.1, -0.05) is 12.1 Å². The van der Waals surface area contributed by atoms with E-state index in [9.17, 15) is 13.2 Å². The van der Waals surface area contributed by atoms with Gasteiger partial charge in [0.1, 0.15) is 11.6 Å². The summed E-state index contributed by atoms with van der Waals surface area (Å²) in [6, 6.07) is 16.5. The highest BCUT2D eigenvalue weighted by Gasteiger charge is 2.26. The van der Waals surface area contributed by atoms with Gasteiger partial charge in [0.15, 0.2) is 9.84 Å². The summed E-state index contributed by atoms with van der Waals surface area (Å²) in [5.41, 5.74) is 3.30. The highest BCUT2D eigenvalue weighted by atomic mass is 32.2. The van der Waals surface area contributed by atoms with Crippen molar-refractivity contribution in [3.8, 4) is 0 Å². The third-order valence-electron chi connectivity index (χ3n) is 7.29. The fourth-order valence-corrected chi connectivity index (χ4v) is 6.25. The average Bonchev–Trinajstić information content (AvgIpc) is 3.85. The van der Waals surface area contributed by atoms with Crippen LogP contribution in [0, 0.1) is 0 Å². The predicted octanol–water partition coefficient (Wildman–Crippen LogP) is 3.92. The molecular formula is C30H31N5O5S. The molecule has 4 heterocycles. The average molecular weight is 574 g/mol. The van der Waals surface area contributed by atoms with E-state index in [0.29, 0.717) is 30.3 Å². The Kier molecular flexibility index (Phi) is 7.65. The van der Waals surface area contributed by atoms with Crippen LogP contribution >= 0.6 is 0 Å². The molecule has 41 heavy (non-hydrogen) atoms. The number of carbonyl (C=O) groups is 1. The minimum atomic E-state index is -3.51. The van der Waals surface area contributed by atoms with Crippen LogP contribution in [0.5, 0.6) is 0 Å². The summed E-state index contributed by atoms with van der Waals surface area (Å²) >= 11 is 0. The fraction of sp³-hybridized carbons (Fsp3) is 0.333. The highest BCUT2D eigenvalue weighted by Crippen LogP contribution is 2.39. The number of nitrogens with one attached hydrogen (secondary N) is 1. The van der Waals surface area contributed by atoms with Crippen molar-refractivity contribution in [3.63, 3.8) is 0 Å². The van der Waals surface area contributed by atoms with E-state index >= 15 is 0 Å². The third-order valence-corrected chi connectivity index (χ3v) is 9.04. The van der Waals surface area contributed by atoms with Crippen molar-refractivity contribution in [2.75, 3.05) is 37.5 Å². The van der Waals surface area contributed by atoms with Crippen LogP contribution in [-0.2, 0) is 32.5 Å². The van der Waals surface area contributed by atoms with Crippen LogP contribution in [0.15, 0.2) is 65.7 Å². The van der Waals surface area contributed by atoms with Gasteiger partial charge in [-0.15, -0.1) is 0 Å². The van der Waals surface area contributed by atoms with Crippen molar-refractivity contribution in [2.45, 2.75) is 36.8 Å². The van der Waals surface area contributed by atoms with Crippen LogP contribution in [0.3, 0.4) is 0 Å². The molecule has 1 amide bonds. The van der Waals surface area contributed by atoms with E-state index < -0.39 is 9.84 Å². The summed E-state index contributed by atoms with van der Waals surface area (Å²) < 4.78 is 35.9. The molecule has 0 atom stereocenters. The Morgan fingerprint density at radius 3 is 2.78 bits per heavy atom. The molecule has 2 aliphatic rings. The predicted molar refractivity (Wildman–Crippen MR) is 154 cm³/mol. The zero-order chi connectivity index (χ0) is 28.4. The van der Waals surface area contributed by atoms with E-state index in [4.69, 9.17) is 19.4 Å². The SMILES string of the molecule is COCCN(c1cccc(C2CC2)n1)c1ccc2cnc(CNC(=O)c3ccc4c(c3)S(=O)(=O)CCOC4)cc2n1. The number of anilines is 2. The van der Waals surface area contributed by atoms with Gasteiger partial charge in [-0.05, 0) is 60.9 Å². The molecule has 4 aromatic rings. The molecule has 0 radical (unpaired) electrons. The molecule has 0 saturated heterocycles. The van der Waals surface area contributed by atoms with Gasteiger partial charge in [0.25, 0.3) is 5.91 Å². The van der Waals surface area contributed by atoms with Gasteiger partial charge in [-0.2, -0.15) is 0 Å². The number of carbonyl (C=O) groups excluding carboxylic acids is 1. The second kappa shape index (κ2) is 11.5. The van der Waals surface area contributed by atoms with E-state index in [1.807, 2.05) is 35.2 Å². The molecule has 10 nitrogen and oxygen atoms in total. The summed E-state index contributed by atoms with van der Waals surface area (Å²) in [6.45, 7) is 1.60. The first-order valence-electron chi connectivity index (χ1n) is 13.6. The number of amides is 1. The molecule has 0 unspecified atom stereocenters. The van der Waals surface area contributed by atoms with E-state index in [-0.39, 0.29) is 41.9 Å².